The number of carbonyl (C=O) groups excluding carboxylic acids is 1. The first kappa shape index (κ1) is 25.5. The van der Waals surface area contributed by atoms with Crippen LogP contribution in [0.25, 0.3) is 0 Å². The SMILES string of the molecule is COc1ccc(S(=O)(=O)N(CC(=O)NCCSc2ccccc2)c2ccc(C)cc2)cc1OC. The van der Waals surface area contributed by atoms with Crippen molar-refractivity contribution in [3.8, 4) is 11.5 Å². The smallest absolute Gasteiger partial charge is 0.264 e. The zero-order valence-corrected chi connectivity index (χ0v) is 21.0. The molecule has 9 heteroatoms. The lowest BCUT2D eigenvalue weighted by Gasteiger charge is -2.24. The maximum atomic E-state index is 13.6. The molecule has 3 aromatic carbocycles. The summed E-state index contributed by atoms with van der Waals surface area (Å²) in [5.74, 6) is 0.980. The van der Waals surface area contributed by atoms with E-state index in [4.69, 9.17) is 9.47 Å². The van der Waals surface area contributed by atoms with Crippen molar-refractivity contribution >= 4 is 33.4 Å². The number of hydrogen-bond donors (Lipinski definition) is 1. The molecule has 0 bridgehead atoms. The van der Waals surface area contributed by atoms with Crippen molar-refractivity contribution in [2.24, 2.45) is 0 Å². The summed E-state index contributed by atoms with van der Waals surface area (Å²) in [6.07, 6.45) is 0. The summed E-state index contributed by atoms with van der Waals surface area (Å²) in [6, 6.07) is 21.2. The Hall–Kier alpha value is -3.17. The molecule has 1 N–H and O–H groups in total. The van der Waals surface area contributed by atoms with Gasteiger partial charge in [-0.25, -0.2) is 8.42 Å². The third-order valence-corrected chi connectivity index (χ3v) is 7.77. The highest BCUT2D eigenvalue weighted by Crippen LogP contribution is 2.32. The monoisotopic (exact) mass is 500 g/mol. The van der Waals surface area contributed by atoms with Gasteiger partial charge in [-0.05, 0) is 43.3 Å². The molecule has 0 aromatic heterocycles. The molecule has 0 radical (unpaired) electrons. The Kier molecular flexibility index (Phi) is 8.84. The van der Waals surface area contributed by atoms with Crippen LogP contribution in [0.2, 0.25) is 0 Å². The summed E-state index contributed by atoms with van der Waals surface area (Å²) >= 11 is 1.62. The number of nitrogens with zero attached hydrogens (tertiary/aromatic N) is 1. The molecule has 0 fully saturated rings. The van der Waals surface area contributed by atoms with Crippen LogP contribution < -0.4 is 19.1 Å². The molecular weight excluding hydrogens is 472 g/mol. The number of benzene rings is 3. The van der Waals surface area contributed by atoms with Gasteiger partial charge in [0.1, 0.15) is 6.54 Å². The van der Waals surface area contributed by atoms with E-state index in [1.165, 1.54) is 32.4 Å². The van der Waals surface area contributed by atoms with E-state index in [-0.39, 0.29) is 17.2 Å². The maximum absolute atomic E-state index is 13.6. The zero-order valence-electron chi connectivity index (χ0n) is 19.4. The fourth-order valence-electron chi connectivity index (χ4n) is 3.19. The van der Waals surface area contributed by atoms with Crippen LogP contribution in [0.1, 0.15) is 5.56 Å². The molecule has 0 aliphatic heterocycles. The molecule has 34 heavy (non-hydrogen) atoms. The highest BCUT2D eigenvalue weighted by molar-refractivity contribution is 7.99. The summed E-state index contributed by atoms with van der Waals surface area (Å²) in [6.45, 7) is 1.97. The molecule has 0 heterocycles. The van der Waals surface area contributed by atoms with Crippen LogP contribution in [-0.4, -0.2) is 47.4 Å². The number of rotatable bonds is 11. The summed E-state index contributed by atoms with van der Waals surface area (Å²) in [7, 11) is -1.15. The summed E-state index contributed by atoms with van der Waals surface area (Å²) in [4.78, 5) is 13.8. The summed E-state index contributed by atoms with van der Waals surface area (Å²) < 4.78 is 38.7. The van der Waals surface area contributed by atoms with Gasteiger partial charge in [0.25, 0.3) is 10.0 Å². The van der Waals surface area contributed by atoms with E-state index in [2.05, 4.69) is 5.32 Å². The normalized spacial score (nSPS) is 11.0. The van der Waals surface area contributed by atoms with Gasteiger partial charge in [0.2, 0.25) is 5.91 Å². The molecule has 3 aromatic rings. The van der Waals surface area contributed by atoms with Crippen LogP contribution in [-0.2, 0) is 14.8 Å². The Morgan fingerprint density at radius 3 is 2.26 bits per heavy atom. The minimum absolute atomic E-state index is 0.00171. The first-order valence-corrected chi connectivity index (χ1v) is 13.0. The standard InChI is InChI=1S/C25H28N2O5S2/c1-19-9-11-20(12-10-19)27(18-25(28)26-15-16-33-21-7-5-4-6-8-21)34(29,30)22-13-14-23(31-2)24(17-22)32-3/h4-14,17H,15-16,18H2,1-3H3,(H,26,28). The number of carbonyl (C=O) groups is 1. The van der Waals surface area contributed by atoms with E-state index in [0.29, 0.717) is 23.7 Å². The first-order valence-electron chi connectivity index (χ1n) is 10.6. The molecule has 0 saturated carbocycles. The largest absolute Gasteiger partial charge is 0.493 e. The molecule has 0 aliphatic rings. The molecular formula is C25H28N2O5S2. The van der Waals surface area contributed by atoms with Crippen molar-refractivity contribution in [1.82, 2.24) is 5.32 Å². The van der Waals surface area contributed by atoms with Crippen molar-refractivity contribution in [2.75, 3.05) is 37.4 Å². The molecule has 7 nitrogen and oxygen atoms in total. The predicted octanol–water partition coefficient (Wildman–Crippen LogP) is 4.12. The average molecular weight is 501 g/mol. The van der Waals surface area contributed by atoms with E-state index in [9.17, 15) is 13.2 Å². The van der Waals surface area contributed by atoms with Crippen LogP contribution in [0, 0.1) is 6.92 Å². The van der Waals surface area contributed by atoms with Gasteiger partial charge >= 0.3 is 0 Å². The predicted molar refractivity (Wildman–Crippen MR) is 135 cm³/mol. The Balaban J connectivity index is 1.78. The Labute approximate surface area is 205 Å². The van der Waals surface area contributed by atoms with Crippen LogP contribution >= 0.6 is 11.8 Å². The summed E-state index contributed by atoms with van der Waals surface area (Å²) in [5.41, 5.74) is 1.38. The molecule has 0 saturated heterocycles. The molecule has 0 unspecified atom stereocenters. The highest BCUT2D eigenvalue weighted by Gasteiger charge is 2.28. The van der Waals surface area contributed by atoms with Crippen molar-refractivity contribution in [3.05, 3.63) is 78.4 Å². The van der Waals surface area contributed by atoms with Crippen LogP contribution in [0.4, 0.5) is 5.69 Å². The summed E-state index contributed by atoms with van der Waals surface area (Å²) in [5, 5.41) is 2.82. The minimum atomic E-state index is -4.06. The van der Waals surface area contributed by atoms with Gasteiger partial charge in [0.05, 0.1) is 24.8 Å². The fraction of sp³-hybridized carbons (Fsp3) is 0.240. The van der Waals surface area contributed by atoms with Gasteiger partial charge in [-0.3, -0.25) is 9.10 Å². The molecule has 0 atom stereocenters. The Bertz CT molecular complexity index is 1200. The molecule has 180 valence electrons. The Morgan fingerprint density at radius 2 is 1.62 bits per heavy atom. The number of ether oxygens (including phenoxy) is 2. The highest BCUT2D eigenvalue weighted by atomic mass is 32.2. The molecule has 0 spiro atoms. The second-order valence-electron chi connectivity index (χ2n) is 7.38. The number of hydrogen-bond acceptors (Lipinski definition) is 6. The maximum Gasteiger partial charge on any atom is 0.264 e. The van der Waals surface area contributed by atoms with Gasteiger partial charge in [0, 0.05) is 23.3 Å². The quantitative estimate of drug-likeness (QED) is 0.315. The van der Waals surface area contributed by atoms with Gasteiger partial charge in [-0.1, -0.05) is 35.9 Å². The Morgan fingerprint density at radius 1 is 0.941 bits per heavy atom. The van der Waals surface area contributed by atoms with Crippen LogP contribution in [0.15, 0.2) is 82.6 Å². The van der Waals surface area contributed by atoms with E-state index in [1.54, 1.807) is 36.0 Å². The van der Waals surface area contributed by atoms with Crippen LogP contribution in [0.5, 0.6) is 11.5 Å². The minimum Gasteiger partial charge on any atom is -0.493 e. The number of sulfonamides is 1. The third-order valence-electron chi connectivity index (χ3n) is 4.99. The van der Waals surface area contributed by atoms with Gasteiger partial charge < -0.3 is 14.8 Å². The lowest BCUT2D eigenvalue weighted by Crippen LogP contribution is -2.41. The van der Waals surface area contributed by atoms with E-state index >= 15 is 0 Å². The zero-order chi connectivity index (χ0) is 24.6. The number of nitrogens with one attached hydrogen (secondary N) is 1. The first-order chi connectivity index (χ1) is 16.3. The lowest BCUT2D eigenvalue weighted by molar-refractivity contribution is -0.119. The van der Waals surface area contributed by atoms with E-state index in [1.807, 2.05) is 37.3 Å². The van der Waals surface area contributed by atoms with Gasteiger partial charge in [-0.2, -0.15) is 0 Å². The second kappa shape index (κ2) is 11.8. The number of aryl methyl sites for hydroxylation is 1. The number of amides is 1. The fourth-order valence-corrected chi connectivity index (χ4v) is 5.42. The molecule has 3 rings (SSSR count). The van der Waals surface area contributed by atoms with Gasteiger partial charge in [-0.15, -0.1) is 11.8 Å². The van der Waals surface area contributed by atoms with E-state index in [0.717, 1.165) is 14.8 Å². The number of thioether (sulfide) groups is 1. The average Bonchev–Trinajstić information content (AvgIpc) is 2.86. The van der Waals surface area contributed by atoms with Crippen molar-refractivity contribution < 1.29 is 22.7 Å². The molecule has 1 amide bonds. The van der Waals surface area contributed by atoms with E-state index < -0.39 is 15.9 Å². The van der Waals surface area contributed by atoms with Crippen molar-refractivity contribution in [2.45, 2.75) is 16.7 Å². The number of methoxy groups -OCH3 is 2. The third kappa shape index (κ3) is 6.45. The van der Waals surface area contributed by atoms with Crippen molar-refractivity contribution in [1.29, 1.82) is 0 Å². The topological polar surface area (TPSA) is 84.9 Å². The lowest BCUT2D eigenvalue weighted by atomic mass is 10.2. The molecule has 0 aliphatic carbocycles. The van der Waals surface area contributed by atoms with Crippen molar-refractivity contribution in [3.63, 3.8) is 0 Å². The van der Waals surface area contributed by atoms with Crippen LogP contribution in [0.3, 0.4) is 0 Å². The van der Waals surface area contributed by atoms with Gasteiger partial charge in [0.15, 0.2) is 11.5 Å². The number of anilines is 1. The second-order valence-corrected chi connectivity index (χ2v) is 10.4.